The number of aryl methyl sites for hydroxylation is 1. The molecule has 4 heteroatoms. The van der Waals surface area contributed by atoms with Crippen molar-refractivity contribution < 1.29 is 0 Å². The third kappa shape index (κ3) is 3.05. The molecule has 0 aliphatic rings. The minimum atomic E-state index is 0.235. The third-order valence-electron chi connectivity index (χ3n) is 2.72. The van der Waals surface area contributed by atoms with Crippen molar-refractivity contribution in [1.82, 2.24) is 5.32 Å². The molecule has 2 rings (SSSR count). The fourth-order valence-electron chi connectivity index (χ4n) is 1.96. The van der Waals surface area contributed by atoms with Gasteiger partial charge in [-0.3, -0.25) is 0 Å². The van der Waals surface area contributed by atoms with Gasteiger partial charge in [-0.15, -0.1) is 11.3 Å². The minimum absolute atomic E-state index is 0.235. The molecule has 1 atom stereocenters. The molecule has 0 bridgehead atoms. The molecule has 0 fully saturated rings. The van der Waals surface area contributed by atoms with Crippen LogP contribution in [-0.2, 0) is 0 Å². The molecule has 1 unspecified atom stereocenters. The van der Waals surface area contributed by atoms with Gasteiger partial charge in [0.05, 0.1) is 6.04 Å². The van der Waals surface area contributed by atoms with E-state index in [-0.39, 0.29) is 6.04 Å². The molecule has 0 amide bonds. The summed E-state index contributed by atoms with van der Waals surface area (Å²) in [6, 6.07) is 10.8. The van der Waals surface area contributed by atoms with Gasteiger partial charge < -0.3 is 5.32 Å². The maximum absolute atomic E-state index is 3.66. The second-order valence-electron chi connectivity index (χ2n) is 4.08. The number of rotatable bonds is 4. The summed E-state index contributed by atoms with van der Waals surface area (Å²) < 4.78 is 2.33. The van der Waals surface area contributed by atoms with Crippen molar-refractivity contribution in [1.29, 1.82) is 0 Å². The summed E-state index contributed by atoms with van der Waals surface area (Å²) >= 11 is 9.15. The van der Waals surface area contributed by atoms with Crippen molar-refractivity contribution in [3.05, 3.63) is 54.6 Å². The number of hydrogen-bond donors (Lipinski definition) is 1. The van der Waals surface area contributed by atoms with Gasteiger partial charge in [0.25, 0.3) is 0 Å². The SMILES string of the molecule is CCNC(c1ccccc1Br)c1sc(C)cc1Br. The number of nitrogens with one attached hydrogen (secondary N) is 1. The topological polar surface area (TPSA) is 12.0 Å². The highest BCUT2D eigenvalue weighted by Crippen LogP contribution is 2.37. The van der Waals surface area contributed by atoms with Gasteiger partial charge in [-0.25, -0.2) is 0 Å². The zero-order valence-corrected chi connectivity index (χ0v) is 14.3. The molecule has 1 aromatic carbocycles. The predicted octanol–water partition coefficient (Wildman–Crippen LogP) is 5.28. The molecule has 18 heavy (non-hydrogen) atoms. The van der Waals surface area contributed by atoms with Crippen molar-refractivity contribution in [3.63, 3.8) is 0 Å². The van der Waals surface area contributed by atoms with Crippen LogP contribution in [0.25, 0.3) is 0 Å². The van der Waals surface area contributed by atoms with Crippen LogP contribution in [0, 0.1) is 6.92 Å². The lowest BCUT2D eigenvalue weighted by Crippen LogP contribution is -2.21. The van der Waals surface area contributed by atoms with E-state index in [0.29, 0.717) is 0 Å². The van der Waals surface area contributed by atoms with Gasteiger partial charge in [0, 0.05) is 18.7 Å². The molecule has 96 valence electrons. The Balaban J connectivity index is 2.46. The van der Waals surface area contributed by atoms with Crippen LogP contribution in [0.4, 0.5) is 0 Å². The Morgan fingerprint density at radius 3 is 2.50 bits per heavy atom. The highest BCUT2D eigenvalue weighted by molar-refractivity contribution is 9.10. The Morgan fingerprint density at radius 2 is 1.94 bits per heavy atom. The van der Waals surface area contributed by atoms with E-state index in [9.17, 15) is 0 Å². The van der Waals surface area contributed by atoms with Gasteiger partial charge in [0.2, 0.25) is 0 Å². The Kier molecular flexibility index (Phi) is 5.01. The van der Waals surface area contributed by atoms with E-state index in [2.05, 4.69) is 75.3 Å². The van der Waals surface area contributed by atoms with Crippen LogP contribution in [-0.4, -0.2) is 6.54 Å². The lowest BCUT2D eigenvalue weighted by molar-refractivity contribution is 0.636. The zero-order valence-electron chi connectivity index (χ0n) is 10.3. The number of benzene rings is 1. The minimum Gasteiger partial charge on any atom is -0.306 e. The van der Waals surface area contributed by atoms with Crippen molar-refractivity contribution in [2.24, 2.45) is 0 Å². The smallest absolute Gasteiger partial charge is 0.0693 e. The average Bonchev–Trinajstić information content (AvgIpc) is 2.66. The number of hydrogen-bond acceptors (Lipinski definition) is 2. The fourth-order valence-corrected chi connectivity index (χ4v) is 4.44. The third-order valence-corrected chi connectivity index (χ3v) is 5.48. The lowest BCUT2D eigenvalue weighted by Gasteiger charge is -2.19. The normalized spacial score (nSPS) is 12.7. The van der Waals surface area contributed by atoms with Crippen molar-refractivity contribution in [2.75, 3.05) is 6.54 Å². The van der Waals surface area contributed by atoms with Crippen molar-refractivity contribution >= 4 is 43.2 Å². The van der Waals surface area contributed by atoms with E-state index in [1.54, 1.807) is 0 Å². The largest absolute Gasteiger partial charge is 0.306 e. The molecule has 0 spiro atoms. The van der Waals surface area contributed by atoms with E-state index in [0.717, 1.165) is 11.0 Å². The summed E-state index contributed by atoms with van der Waals surface area (Å²) in [6.45, 7) is 5.22. The molecule has 2 aromatic rings. The highest BCUT2D eigenvalue weighted by Gasteiger charge is 2.20. The Morgan fingerprint density at radius 1 is 1.22 bits per heavy atom. The van der Waals surface area contributed by atoms with Crippen molar-refractivity contribution in [3.8, 4) is 0 Å². The molecule has 1 aromatic heterocycles. The van der Waals surface area contributed by atoms with Crippen LogP contribution in [0.15, 0.2) is 39.3 Å². The van der Waals surface area contributed by atoms with Gasteiger partial charge in [-0.2, -0.15) is 0 Å². The van der Waals surface area contributed by atoms with E-state index < -0.39 is 0 Å². The number of halogens is 2. The summed E-state index contributed by atoms with van der Waals surface area (Å²) in [5.74, 6) is 0. The van der Waals surface area contributed by atoms with Gasteiger partial charge in [0.1, 0.15) is 0 Å². The molecular formula is C14H15Br2NS. The molecule has 0 radical (unpaired) electrons. The van der Waals surface area contributed by atoms with Gasteiger partial charge in [0.15, 0.2) is 0 Å². The molecule has 1 nitrogen and oxygen atoms in total. The first-order valence-corrected chi connectivity index (χ1v) is 8.27. The van der Waals surface area contributed by atoms with E-state index >= 15 is 0 Å². The molecule has 0 aliphatic carbocycles. The first-order chi connectivity index (χ1) is 8.63. The highest BCUT2D eigenvalue weighted by atomic mass is 79.9. The standard InChI is InChI=1S/C14H15Br2NS/c1-3-17-13(10-6-4-5-7-11(10)15)14-12(16)8-9(2)18-14/h4-8,13,17H,3H2,1-2H3. The quantitative estimate of drug-likeness (QED) is 0.751. The zero-order chi connectivity index (χ0) is 13.1. The van der Waals surface area contributed by atoms with Gasteiger partial charge in [-0.1, -0.05) is 41.1 Å². The predicted molar refractivity (Wildman–Crippen MR) is 86.4 cm³/mol. The summed E-state index contributed by atoms with van der Waals surface area (Å²) in [4.78, 5) is 2.66. The van der Waals surface area contributed by atoms with E-state index in [4.69, 9.17) is 0 Å². The monoisotopic (exact) mass is 387 g/mol. The molecule has 0 saturated carbocycles. The van der Waals surface area contributed by atoms with Crippen LogP contribution in [0.5, 0.6) is 0 Å². The first-order valence-electron chi connectivity index (χ1n) is 5.87. The van der Waals surface area contributed by atoms with Crippen LogP contribution in [0.2, 0.25) is 0 Å². The first kappa shape index (κ1) is 14.3. The van der Waals surface area contributed by atoms with Crippen LogP contribution in [0.1, 0.15) is 28.3 Å². The summed E-state index contributed by atoms with van der Waals surface area (Å²) in [5, 5.41) is 3.56. The summed E-state index contributed by atoms with van der Waals surface area (Å²) in [5.41, 5.74) is 1.28. The molecule has 1 heterocycles. The van der Waals surface area contributed by atoms with E-state index in [1.165, 1.54) is 19.8 Å². The second-order valence-corrected chi connectivity index (χ2v) is 7.08. The lowest BCUT2D eigenvalue weighted by atomic mass is 10.1. The Labute approximate surface area is 129 Å². The maximum Gasteiger partial charge on any atom is 0.0693 e. The van der Waals surface area contributed by atoms with Crippen LogP contribution < -0.4 is 5.32 Å². The average molecular weight is 389 g/mol. The molecular weight excluding hydrogens is 374 g/mol. The fraction of sp³-hybridized carbons (Fsp3) is 0.286. The van der Waals surface area contributed by atoms with Crippen LogP contribution >= 0.6 is 43.2 Å². The second kappa shape index (κ2) is 6.33. The van der Waals surface area contributed by atoms with Gasteiger partial charge in [-0.05, 0) is 47.1 Å². The van der Waals surface area contributed by atoms with Crippen LogP contribution in [0.3, 0.4) is 0 Å². The maximum atomic E-state index is 3.66. The molecule has 0 saturated heterocycles. The summed E-state index contributed by atoms with van der Waals surface area (Å²) in [6.07, 6.45) is 0. The van der Waals surface area contributed by atoms with Crippen molar-refractivity contribution in [2.45, 2.75) is 19.9 Å². The Bertz CT molecular complexity index is 536. The number of thiophene rings is 1. The van der Waals surface area contributed by atoms with E-state index in [1.807, 2.05) is 17.4 Å². The Hall–Kier alpha value is -0.160. The van der Waals surface area contributed by atoms with Gasteiger partial charge >= 0.3 is 0 Å². The molecule has 1 N–H and O–H groups in total. The molecule has 0 aliphatic heterocycles. The summed E-state index contributed by atoms with van der Waals surface area (Å²) in [7, 11) is 0.